The van der Waals surface area contributed by atoms with Crippen molar-refractivity contribution in [3.63, 3.8) is 0 Å². The van der Waals surface area contributed by atoms with Crippen molar-refractivity contribution in [2.24, 2.45) is 0 Å². The van der Waals surface area contributed by atoms with Crippen LogP contribution in [0.25, 0.3) is 0 Å². The van der Waals surface area contributed by atoms with E-state index in [1.165, 1.54) is 11.3 Å². The number of hydrogen-bond donors (Lipinski definition) is 2. The second kappa shape index (κ2) is 7.76. The number of hydrogen-bond acceptors (Lipinski definition) is 6. The highest BCUT2D eigenvalue weighted by molar-refractivity contribution is 7.13. The Hall–Kier alpha value is -2.64. The Morgan fingerprint density at radius 2 is 1.88 bits per heavy atom. The van der Waals surface area contributed by atoms with Gasteiger partial charge in [0.2, 0.25) is 5.01 Å². The standard InChI is InChI=1S/C17H17N5OS/c1-12(13-7-9-18-10-8-13)19-11-15-21-22-17(24-15)16(23)20-14-5-3-2-4-6-14/h2-10,12,19H,11H2,1H3,(H,20,23). The van der Waals surface area contributed by atoms with Crippen LogP contribution >= 0.6 is 11.3 Å². The number of carbonyl (C=O) groups excluding carboxylic acids is 1. The minimum Gasteiger partial charge on any atom is -0.320 e. The van der Waals surface area contributed by atoms with Crippen molar-refractivity contribution in [1.29, 1.82) is 0 Å². The lowest BCUT2D eigenvalue weighted by atomic mass is 10.1. The Bertz CT molecular complexity index is 791. The quantitative estimate of drug-likeness (QED) is 0.721. The summed E-state index contributed by atoms with van der Waals surface area (Å²) in [7, 11) is 0. The van der Waals surface area contributed by atoms with Gasteiger partial charge in [0.05, 0.1) is 6.54 Å². The molecular formula is C17H17N5OS. The topological polar surface area (TPSA) is 79.8 Å². The summed E-state index contributed by atoms with van der Waals surface area (Å²) in [5.74, 6) is -0.243. The van der Waals surface area contributed by atoms with Crippen molar-refractivity contribution < 1.29 is 4.79 Å². The Kier molecular flexibility index (Phi) is 5.25. The SMILES string of the molecule is CC(NCc1nnc(C(=O)Nc2ccccc2)s1)c1ccncc1. The van der Waals surface area contributed by atoms with Gasteiger partial charge in [-0.05, 0) is 36.8 Å². The van der Waals surface area contributed by atoms with E-state index in [-0.39, 0.29) is 11.9 Å². The Balaban J connectivity index is 1.56. The van der Waals surface area contributed by atoms with Gasteiger partial charge < -0.3 is 10.6 Å². The predicted octanol–water partition coefficient (Wildman–Crippen LogP) is 3.04. The zero-order valence-corrected chi connectivity index (χ0v) is 14.0. The van der Waals surface area contributed by atoms with Crippen LogP contribution in [-0.2, 0) is 6.54 Å². The fourth-order valence-corrected chi connectivity index (χ4v) is 2.82. The summed E-state index contributed by atoms with van der Waals surface area (Å²) in [5.41, 5.74) is 1.89. The molecule has 0 bridgehead atoms. The van der Waals surface area contributed by atoms with Gasteiger partial charge in [0.25, 0.3) is 5.91 Å². The van der Waals surface area contributed by atoms with Crippen LogP contribution in [0.2, 0.25) is 0 Å². The molecule has 3 rings (SSSR count). The molecule has 0 fully saturated rings. The minimum atomic E-state index is -0.243. The minimum absolute atomic E-state index is 0.165. The summed E-state index contributed by atoms with van der Waals surface area (Å²) in [5, 5.41) is 15.3. The van der Waals surface area contributed by atoms with E-state index in [1.807, 2.05) is 42.5 Å². The van der Waals surface area contributed by atoms with Gasteiger partial charge in [-0.15, -0.1) is 10.2 Å². The van der Waals surface area contributed by atoms with Crippen molar-refractivity contribution >= 4 is 22.9 Å². The molecule has 0 aliphatic carbocycles. The number of benzene rings is 1. The van der Waals surface area contributed by atoms with E-state index in [1.54, 1.807) is 12.4 Å². The molecule has 0 saturated carbocycles. The molecule has 0 saturated heterocycles. The second-order valence-electron chi connectivity index (χ2n) is 5.20. The second-order valence-corrected chi connectivity index (χ2v) is 6.27. The first-order valence-corrected chi connectivity index (χ1v) is 8.36. The van der Waals surface area contributed by atoms with E-state index >= 15 is 0 Å². The van der Waals surface area contributed by atoms with Crippen LogP contribution in [0.1, 0.15) is 33.3 Å². The summed E-state index contributed by atoms with van der Waals surface area (Å²) in [6, 6.07) is 13.4. The smallest absolute Gasteiger partial charge is 0.286 e. The third-order valence-corrected chi connectivity index (χ3v) is 4.38. The van der Waals surface area contributed by atoms with Gasteiger partial charge in [-0.3, -0.25) is 9.78 Å². The van der Waals surface area contributed by atoms with Crippen molar-refractivity contribution in [3.05, 3.63) is 70.4 Å². The third-order valence-electron chi connectivity index (χ3n) is 3.46. The van der Waals surface area contributed by atoms with Gasteiger partial charge in [-0.25, -0.2) is 0 Å². The number of amides is 1. The Morgan fingerprint density at radius 3 is 2.62 bits per heavy atom. The van der Waals surface area contributed by atoms with E-state index in [0.717, 1.165) is 16.3 Å². The average molecular weight is 339 g/mol. The molecular weight excluding hydrogens is 322 g/mol. The average Bonchev–Trinajstić information content (AvgIpc) is 3.10. The lowest BCUT2D eigenvalue weighted by Crippen LogP contribution is -2.17. The summed E-state index contributed by atoms with van der Waals surface area (Å²) in [4.78, 5) is 16.2. The largest absolute Gasteiger partial charge is 0.320 e. The van der Waals surface area contributed by atoms with Crippen LogP contribution in [-0.4, -0.2) is 21.1 Å². The normalized spacial score (nSPS) is 11.9. The van der Waals surface area contributed by atoms with Gasteiger partial charge in [-0.1, -0.05) is 29.5 Å². The summed E-state index contributed by atoms with van der Waals surface area (Å²) in [6.45, 7) is 2.62. The Labute approximate surface area is 144 Å². The van der Waals surface area contributed by atoms with E-state index < -0.39 is 0 Å². The molecule has 1 unspecified atom stereocenters. The lowest BCUT2D eigenvalue weighted by molar-refractivity contribution is 0.102. The molecule has 0 spiro atoms. The monoisotopic (exact) mass is 339 g/mol. The summed E-state index contributed by atoms with van der Waals surface area (Å²) >= 11 is 1.29. The van der Waals surface area contributed by atoms with E-state index in [9.17, 15) is 4.79 Å². The number of nitrogens with zero attached hydrogens (tertiary/aromatic N) is 3. The van der Waals surface area contributed by atoms with Crippen LogP contribution in [0.5, 0.6) is 0 Å². The number of nitrogens with one attached hydrogen (secondary N) is 2. The van der Waals surface area contributed by atoms with Crippen LogP contribution in [0.15, 0.2) is 54.9 Å². The molecule has 6 nitrogen and oxygen atoms in total. The first-order chi connectivity index (χ1) is 11.7. The number of rotatable bonds is 6. The number of anilines is 1. The highest BCUT2D eigenvalue weighted by atomic mass is 32.1. The zero-order chi connectivity index (χ0) is 16.8. The van der Waals surface area contributed by atoms with Crippen LogP contribution < -0.4 is 10.6 Å². The number of aromatic nitrogens is 3. The number of para-hydroxylation sites is 1. The molecule has 2 N–H and O–H groups in total. The van der Waals surface area contributed by atoms with Gasteiger partial charge in [0, 0.05) is 24.1 Å². The Morgan fingerprint density at radius 1 is 1.12 bits per heavy atom. The van der Waals surface area contributed by atoms with Crippen molar-refractivity contribution in [1.82, 2.24) is 20.5 Å². The molecule has 122 valence electrons. The number of carbonyl (C=O) groups is 1. The third kappa shape index (κ3) is 4.21. The molecule has 0 aliphatic rings. The maximum Gasteiger partial charge on any atom is 0.286 e. The molecule has 1 amide bonds. The van der Waals surface area contributed by atoms with E-state index in [4.69, 9.17) is 0 Å². The molecule has 2 heterocycles. The molecule has 3 aromatic rings. The van der Waals surface area contributed by atoms with Crippen molar-refractivity contribution in [2.75, 3.05) is 5.32 Å². The summed E-state index contributed by atoms with van der Waals surface area (Å²) in [6.07, 6.45) is 3.54. The van der Waals surface area contributed by atoms with E-state index in [0.29, 0.717) is 11.6 Å². The highest BCUT2D eigenvalue weighted by Crippen LogP contribution is 2.15. The zero-order valence-electron chi connectivity index (χ0n) is 13.1. The highest BCUT2D eigenvalue weighted by Gasteiger charge is 2.13. The molecule has 1 atom stereocenters. The van der Waals surface area contributed by atoms with Crippen LogP contribution in [0, 0.1) is 0 Å². The molecule has 24 heavy (non-hydrogen) atoms. The van der Waals surface area contributed by atoms with Gasteiger partial charge in [0.1, 0.15) is 5.01 Å². The van der Waals surface area contributed by atoms with Crippen molar-refractivity contribution in [3.8, 4) is 0 Å². The number of pyridine rings is 1. The predicted molar refractivity (Wildman–Crippen MR) is 93.8 cm³/mol. The van der Waals surface area contributed by atoms with Gasteiger partial charge in [0.15, 0.2) is 0 Å². The first-order valence-electron chi connectivity index (χ1n) is 7.54. The summed E-state index contributed by atoms with van der Waals surface area (Å²) < 4.78 is 0. The molecule has 2 aromatic heterocycles. The first kappa shape index (κ1) is 16.2. The van der Waals surface area contributed by atoms with Crippen molar-refractivity contribution in [2.45, 2.75) is 19.5 Å². The molecule has 0 aliphatic heterocycles. The van der Waals surface area contributed by atoms with E-state index in [2.05, 4.69) is 32.7 Å². The van der Waals surface area contributed by atoms with Crippen LogP contribution in [0.4, 0.5) is 5.69 Å². The fourth-order valence-electron chi connectivity index (χ4n) is 2.13. The maximum atomic E-state index is 12.2. The maximum absolute atomic E-state index is 12.2. The molecule has 0 radical (unpaired) electrons. The lowest BCUT2D eigenvalue weighted by Gasteiger charge is -2.12. The van der Waals surface area contributed by atoms with Gasteiger partial charge in [-0.2, -0.15) is 0 Å². The molecule has 1 aromatic carbocycles. The molecule has 7 heteroatoms. The van der Waals surface area contributed by atoms with Gasteiger partial charge >= 0.3 is 0 Å². The van der Waals surface area contributed by atoms with Crippen LogP contribution in [0.3, 0.4) is 0 Å². The fraction of sp³-hybridized carbons (Fsp3) is 0.176.